The van der Waals surface area contributed by atoms with Gasteiger partial charge < -0.3 is 20.5 Å². The largest absolute Gasteiger partial charge is 0.481 e. The average Bonchev–Trinajstić information content (AvgIpc) is 3.13. The number of hydrogen-bond acceptors (Lipinski definition) is 4. The highest BCUT2D eigenvalue weighted by atomic mass is 16.5. The van der Waals surface area contributed by atoms with E-state index in [0.29, 0.717) is 12.0 Å². The predicted molar refractivity (Wildman–Crippen MR) is 126 cm³/mol. The highest BCUT2D eigenvalue weighted by molar-refractivity contribution is 5.93. The zero-order valence-electron chi connectivity index (χ0n) is 19.0. The van der Waals surface area contributed by atoms with Gasteiger partial charge in [0.15, 0.2) is 0 Å². The highest BCUT2D eigenvalue weighted by Gasteiger charge is 2.28. The summed E-state index contributed by atoms with van der Waals surface area (Å²) in [7, 11) is 0. The lowest BCUT2D eigenvalue weighted by Gasteiger charge is -2.14. The number of carbonyl (C=O) groups excluding carboxylic acids is 2. The van der Waals surface area contributed by atoms with Crippen molar-refractivity contribution in [2.45, 2.75) is 32.6 Å². The van der Waals surface area contributed by atoms with Gasteiger partial charge in [0.1, 0.15) is 6.61 Å². The topological polar surface area (TPSA) is 105 Å². The highest BCUT2D eigenvalue weighted by Crippen LogP contribution is 2.44. The van der Waals surface area contributed by atoms with Gasteiger partial charge in [0.05, 0.1) is 5.92 Å². The molecule has 174 valence electrons. The Morgan fingerprint density at radius 3 is 2.21 bits per heavy atom. The van der Waals surface area contributed by atoms with E-state index in [-0.39, 0.29) is 31.5 Å². The quantitative estimate of drug-likeness (QED) is 0.473. The molecular formula is C26H30N2O5. The Morgan fingerprint density at radius 2 is 1.64 bits per heavy atom. The normalized spacial score (nSPS) is 13.6. The molecule has 33 heavy (non-hydrogen) atoms. The van der Waals surface area contributed by atoms with E-state index in [4.69, 9.17) is 9.84 Å². The van der Waals surface area contributed by atoms with Crippen molar-refractivity contribution in [3.8, 4) is 11.1 Å². The van der Waals surface area contributed by atoms with Crippen LogP contribution in [0.5, 0.6) is 0 Å². The van der Waals surface area contributed by atoms with Crippen molar-refractivity contribution in [3.05, 3.63) is 71.3 Å². The molecule has 0 spiro atoms. The Hall–Kier alpha value is -3.61. The lowest BCUT2D eigenvalue weighted by atomic mass is 9.98. The third-order valence-electron chi connectivity index (χ3n) is 5.85. The maximum absolute atomic E-state index is 12.2. The number of carboxylic acids is 1. The molecule has 2 aromatic carbocycles. The number of alkyl carbamates (subject to hydrolysis) is 1. The lowest BCUT2D eigenvalue weighted by molar-refractivity contribution is -0.141. The molecular weight excluding hydrogens is 420 g/mol. The molecule has 2 amide bonds. The number of ether oxygens (including phenoxy) is 1. The van der Waals surface area contributed by atoms with Crippen LogP contribution in [0, 0.1) is 5.92 Å². The fourth-order valence-corrected chi connectivity index (χ4v) is 4.05. The van der Waals surface area contributed by atoms with E-state index >= 15 is 0 Å². The Morgan fingerprint density at radius 1 is 1.03 bits per heavy atom. The van der Waals surface area contributed by atoms with Crippen LogP contribution in [0.4, 0.5) is 4.79 Å². The van der Waals surface area contributed by atoms with Gasteiger partial charge in [-0.05, 0) is 35.6 Å². The van der Waals surface area contributed by atoms with Crippen molar-refractivity contribution in [3.63, 3.8) is 0 Å². The van der Waals surface area contributed by atoms with Crippen molar-refractivity contribution >= 4 is 18.0 Å². The van der Waals surface area contributed by atoms with Crippen molar-refractivity contribution in [1.82, 2.24) is 10.6 Å². The summed E-state index contributed by atoms with van der Waals surface area (Å²) in [6.07, 6.45) is 2.25. The Labute approximate surface area is 193 Å². The van der Waals surface area contributed by atoms with Gasteiger partial charge in [0.2, 0.25) is 5.91 Å². The number of hydrogen-bond donors (Lipinski definition) is 3. The third kappa shape index (κ3) is 6.00. The maximum Gasteiger partial charge on any atom is 0.407 e. The van der Waals surface area contributed by atoms with Gasteiger partial charge in [-0.25, -0.2) is 4.79 Å². The third-order valence-corrected chi connectivity index (χ3v) is 5.85. The molecule has 3 N–H and O–H groups in total. The van der Waals surface area contributed by atoms with Gasteiger partial charge in [0.25, 0.3) is 0 Å². The van der Waals surface area contributed by atoms with Gasteiger partial charge in [-0.3, -0.25) is 9.59 Å². The maximum atomic E-state index is 12.2. The molecule has 1 aliphatic rings. The summed E-state index contributed by atoms with van der Waals surface area (Å²) in [6, 6.07) is 16.2. The molecule has 3 rings (SSSR count). The first kappa shape index (κ1) is 24.0. The number of benzene rings is 2. The number of fused-ring (bicyclic) bond motifs is 3. The monoisotopic (exact) mass is 450 g/mol. The molecule has 1 aliphatic carbocycles. The molecule has 1 atom stereocenters. The minimum absolute atomic E-state index is 0.0171. The molecule has 0 aromatic heterocycles. The van der Waals surface area contributed by atoms with Crippen LogP contribution in [0.25, 0.3) is 11.1 Å². The zero-order valence-corrected chi connectivity index (χ0v) is 19.0. The molecule has 2 aromatic rings. The van der Waals surface area contributed by atoms with E-state index in [1.807, 2.05) is 31.2 Å². The summed E-state index contributed by atoms with van der Waals surface area (Å²) in [6.45, 7) is 3.94. The summed E-state index contributed by atoms with van der Waals surface area (Å²) < 4.78 is 5.47. The summed E-state index contributed by atoms with van der Waals surface area (Å²) in [5.41, 5.74) is 5.00. The summed E-state index contributed by atoms with van der Waals surface area (Å²) in [5.74, 6) is -1.90. The van der Waals surface area contributed by atoms with Crippen LogP contribution in [0.2, 0.25) is 0 Å². The van der Waals surface area contributed by atoms with Crippen LogP contribution in [0.15, 0.2) is 60.2 Å². The molecule has 0 radical (unpaired) electrons. The summed E-state index contributed by atoms with van der Waals surface area (Å²) in [5, 5.41) is 14.4. The van der Waals surface area contributed by atoms with Crippen molar-refractivity contribution in [2.75, 3.05) is 19.7 Å². The van der Waals surface area contributed by atoms with Crippen LogP contribution >= 0.6 is 0 Å². The Bertz CT molecular complexity index is 1000. The number of rotatable bonds is 10. The molecule has 0 fully saturated rings. The summed E-state index contributed by atoms with van der Waals surface area (Å²) >= 11 is 0. The van der Waals surface area contributed by atoms with E-state index in [0.717, 1.165) is 28.7 Å². The van der Waals surface area contributed by atoms with E-state index in [9.17, 15) is 14.4 Å². The second-order valence-electron chi connectivity index (χ2n) is 8.13. The minimum Gasteiger partial charge on any atom is -0.481 e. The summed E-state index contributed by atoms with van der Waals surface area (Å²) in [4.78, 5) is 35.6. The van der Waals surface area contributed by atoms with Crippen molar-refractivity contribution < 1.29 is 24.2 Å². The van der Waals surface area contributed by atoms with E-state index in [2.05, 4.69) is 34.9 Å². The average molecular weight is 451 g/mol. The van der Waals surface area contributed by atoms with Crippen LogP contribution < -0.4 is 10.6 Å². The van der Waals surface area contributed by atoms with Crippen LogP contribution in [0.1, 0.15) is 43.7 Å². The molecule has 0 bridgehead atoms. The number of aliphatic carboxylic acids is 1. The van der Waals surface area contributed by atoms with Gasteiger partial charge in [0, 0.05) is 24.6 Å². The standard InChI is InChI=1S/C26H30N2O5/c1-3-8-18(25(30)31)15-28-24(29)17(2)13-14-27-26(32)33-16-23-21-11-6-4-9-19(21)20-10-5-7-12-22(20)23/h4-7,9-13,18,23H,3,8,14-16H2,1-2H3,(H,27,32)(H,28,29)(H,30,31)/b17-13+. The van der Waals surface area contributed by atoms with Crippen LogP contribution in [-0.4, -0.2) is 42.8 Å². The van der Waals surface area contributed by atoms with Gasteiger partial charge in [-0.1, -0.05) is 68.0 Å². The van der Waals surface area contributed by atoms with E-state index < -0.39 is 18.0 Å². The molecule has 7 heteroatoms. The number of amides is 2. The van der Waals surface area contributed by atoms with Gasteiger partial charge >= 0.3 is 12.1 Å². The first-order valence-corrected chi connectivity index (χ1v) is 11.2. The first-order chi connectivity index (χ1) is 15.9. The van der Waals surface area contributed by atoms with E-state index in [1.165, 1.54) is 0 Å². The lowest BCUT2D eigenvalue weighted by Crippen LogP contribution is -2.33. The first-order valence-electron chi connectivity index (χ1n) is 11.2. The van der Waals surface area contributed by atoms with Crippen LogP contribution in [-0.2, 0) is 14.3 Å². The zero-order chi connectivity index (χ0) is 23.8. The van der Waals surface area contributed by atoms with Crippen molar-refractivity contribution in [1.29, 1.82) is 0 Å². The Kier molecular flexibility index (Phi) is 8.24. The van der Waals surface area contributed by atoms with Crippen molar-refractivity contribution in [2.24, 2.45) is 5.92 Å². The SMILES string of the molecule is CCCC(CNC(=O)/C(C)=C/CNC(=O)OCC1c2ccccc2-c2ccccc21)C(=O)O. The smallest absolute Gasteiger partial charge is 0.407 e. The minimum atomic E-state index is -0.921. The molecule has 0 heterocycles. The second kappa shape index (κ2) is 11.3. The fraction of sp³-hybridized carbons (Fsp3) is 0.346. The second-order valence-corrected chi connectivity index (χ2v) is 8.13. The number of carbonyl (C=O) groups is 3. The molecule has 0 saturated carbocycles. The molecule has 7 nitrogen and oxygen atoms in total. The Balaban J connectivity index is 1.47. The van der Waals surface area contributed by atoms with E-state index in [1.54, 1.807) is 13.0 Å². The number of carboxylic acid groups (broad SMARTS) is 1. The van der Waals surface area contributed by atoms with Gasteiger partial charge in [-0.2, -0.15) is 0 Å². The molecule has 1 unspecified atom stereocenters. The molecule has 0 aliphatic heterocycles. The molecule has 0 saturated heterocycles. The fourth-order valence-electron chi connectivity index (χ4n) is 4.05. The van der Waals surface area contributed by atoms with Crippen LogP contribution in [0.3, 0.4) is 0 Å². The number of nitrogens with one attached hydrogen (secondary N) is 2. The predicted octanol–water partition coefficient (Wildman–Crippen LogP) is 4.09. The van der Waals surface area contributed by atoms with Gasteiger partial charge in [-0.15, -0.1) is 0 Å².